The Morgan fingerprint density at radius 1 is 1.09 bits per heavy atom. The Kier molecular flexibility index (Phi) is 6.11. The molecule has 1 fully saturated rings. The lowest BCUT2D eigenvalue weighted by molar-refractivity contribution is 0.0661. The predicted molar refractivity (Wildman–Crippen MR) is 136 cm³/mol. The first-order chi connectivity index (χ1) is 17.3. The molecule has 1 aromatic heterocycles. The van der Waals surface area contributed by atoms with E-state index in [0.717, 1.165) is 55.8 Å². The summed E-state index contributed by atoms with van der Waals surface area (Å²) in [7, 11) is 0. The van der Waals surface area contributed by atoms with Crippen LogP contribution in [0.4, 0.5) is 5.69 Å². The van der Waals surface area contributed by atoms with Crippen molar-refractivity contribution in [3.8, 4) is 5.75 Å². The molecule has 0 radical (unpaired) electrons. The van der Waals surface area contributed by atoms with Gasteiger partial charge in [0.1, 0.15) is 18.2 Å². The molecule has 6 rings (SSSR count). The molecule has 8 nitrogen and oxygen atoms in total. The SMILES string of the molecule is C1=CC(COc2cccc(C3NC(N4CCOCC4)=NC4=C3CCN4c3ccncc3)c2)=CCN1. The van der Waals surface area contributed by atoms with Gasteiger partial charge in [0.15, 0.2) is 0 Å². The zero-order valence-corrected chi connectivity index (χ0v) is 19.7. The third-order valence-corrected chi connectivity index (χ3v) is 6.76. The number of anilines is 1. The summed E-state index contributed by atoms with van der Waals surface area (Å²) in [6, 6.07) is 12.6. The highest BCUT2D eigenvalue weighted by atomic mass is 16.5. The molecule has 8 heteroatoms. The van der Waals surface area contributed by atoms with Crippen molar-refractivity contribution in [1.82, 2.24) is 20.5 Å². The summed E-state index contributed by atoms with van der Waals surface area (Å²) in [5.41, 5.74) is 4.79. The number of hydrogen-bond donors (Lipinski definition) is 2. The fourth-order valence-electron chi connectivity index (χ4n) is 4.92. The van der Waals surface area contributed by atoms with Crippen molar-refractivity contribution >= 4 is 11.6 Å². The maximum Gasteiger partial charge on any atom is 0.201 e. The normalized spacial score (nSPS) is 21.7. The Morgan fingerprint density at radius 3 is 2.80 bits per heavy atom. The van der Waals surface area contributed by atoms with Crippen molar-refractivity contribution in [2.75, 3.05) is 50.9 Å². The van der Waals surface area contributed by atoms with Gasteiger partial charge in [0.25, 0.3) is 0 Å². The van der Waals surface area contributed by atoms with E-state index in [1.54, 1.807) is 0 Å². The van der Waals surface area contributed by atoms with Gasteiger partial charge in [0, 0.05) is 49.8 Å². The number of dihydropyridines is 1. The average molecular weight is 471 g/mol. The van der Waals surface area contributed by atoms with Crippen LogP contribution in [0.1, 0.15) is 18.0 Å². The molecular formula is C27H30N6O2. The molecule has 0 spiro atoms. The van der Waals surface area contributed by atoms with E-state index in [4.69, 9.17) is 14.5 Å². The van der Waals surface area contributed by atoms with Crippen molar-refractivity contribution in [2.45, 2.75) is 12.5 Å². The van der Waals surface area contributed by atoms with Gasteiger partial charge in [-0.3, -0.25) is 4.98 Å². The summed E-state index contributed by atoms with van der Waals surface area (Å²) in [5, 5.41) is 6.93. The summed E-state index contributed by atoms with van der Waals surface area (Å²) >= 11 is 0. The van der Waals surface area contributed by atoms with Gasteiger partial charge in [-0.05, 0) is 54.1 Å². The minimum Gasteiger partial charge on any atom is -0.489 e. The molecule has 5 heterocycles. The summed E-state index contributed by atoms with van der Waals surface area (Å²) in [6.07, 6.45) is 10.8. The Labute approximate surface area is 205 Å². The molecule has 1 aromatic carbocycles. The second-order valence-electron chi connectivity index (χ2n) is 8.95. The zero-order chi connectivity index (χ0) is 23.5. The van der Waals surface area contributed by atoms with E-state index in [2.05, 4.69) is 67.9 Å². The van der Waals surface area contributed by atoms with Crippen molar-refractivity contribution < 1.29 is 9.47 Å². The lowest BCUT2D eigenvalue weighted by Gasteiger charge is -2.36. The summed E-state index contributed by atoms with van der Waals surface area (Å²) < 4.78 is 11.7. The number of nitrogens with zero attached hydrogens (tertiary/aromatic N) is 4. The minimum atomic E-state index is 0.0359. The third-order valence-electron chi connectivity index (χ3n) is 6.76. The number of ether oxygens (including phenoxy) is 2. The number of guanidine groups is 1. The monoisotopic (exact) mass is 470 g/mol. The van der Waals surface area contributed by atoms with Crippen LogP contribution in [0.3, 0.4) is 0 Å². The van der Waals surface area contributed by atoms with E-state index in [-0.39, 0.29) is 6.04 Å². The van der Waals surface area contributed by atoms with Crippen LogP contribution in [0.2, 0.25) is 0 Å². The molecule has 0 aliphatic carbocycles. The predicted octanol–water partition coefficient (Wildman–Crippen LogP) is 2.96. The van der Waals surface area contributed by atoms with Crippen molar-refractivity contribution in [3.63, 3.8) is 0 Å². The van der Waals surface area contributed by atoms with Crippen LogP contribution in [0, 0.1) is 0 Å². The highest BCUT2D eigenvalue weighted by Gasteiger charge is 2.35. The van der Waals surface area contributed by atoms with Gasteiger partial charge < -0.3 is 29.9 Å². The maximum absolute atomic E-state index is 6.16. The van der Waals surface area contributed by atoms with Crippen molar-refractivity contribution in [3.05, 3.63) is 89.7 Å². The number of nitrogens with one attached hydrogen (secondary N) is 2. The molecular weight excluding hydrogens is 440 g/mol. The molecule has 1 atom stereocenters. The first-order valence-electron chi connectivity index (χ1n) is 12.3. The van der Waals surface area contributed by atoms with Crippen molar-refractivity contribution in [1.29, 1.82) is 0 Å². The average Bonchev–Trinajstić information content (AvgIpc) is 3.37. The smallest absolute Gasteiger partial charge is 0.201 e. The number of aromatic nitrogens is 1. The quantitative estimate of drug-likeness (QED) is 0.696. The Morgan fingerprint density at radius 2 is 1.97 bits per heavy atom. The topological polar surface area (TPSA) is 74.2 Å². The van der Waals surface area contributed by atoms with E-state index >= 15 is 0 Å². The summed E-state index contributed by atoms with van der Waals surface area (Å²) in [5.74, 6) is 2.82. The second kappa shape index (κ2) is 9.84. The number of morpholine rings is 1. The van der Waals surface area contributed by atoms with Crippen LogP contribution in [0.25, 0.3) is 0 Å². The summed E-state index contributed by atoms with van der Waals surface area (Å²) in [4.78, 5) is 13.9. The lowest BCUT2D eigenvalue weighted by atomic mass is 9.96. The molecule has 1 saturated heterocycles. The largest absolute Gasteiger partial charge is 0.489 e. The van der Waals surface area contributed by atoms with Gasteiger partial charge in [0.05, 0.1) is 19.3 Å². The molecule has 0 saturated carbocycles. The highest BCUT2D eigenvalue weighted by Crippen LogP contribution is 2.39. The second-order valence-corrected chi connectivity index (χ2v) is 8.95. The summed E-state index contributed by atoms with van der Waals surface area (Å²) in [6.45, 7) is 5.40. The van der Waals surface area contributed by atoms with E-state index in [1.807, 2.05) is 24.7 Å². The van der Waals surface area contributed by atoms with Crippen LogP contribution in [0.5, 0.6) is 5.75 Å². The number of pyridine rings is 1. The third kappa shape index (κ3) is 4.61. The van der Waals surface area contributed by atoms with E-state index in [9.17, 15) is 0 Å². The van der Waals surface area contributed by atoms with E-state index in [0.29, 0.717) is 19.8 Å². The molecule has 4 aliphatic heterocycles. The minimum absolute atomic E-state index is 0.0359. The van der Waals surface area contributed by atoms with Gasteiger partial charge in [-0.2, -0.15) is 4.99 Å². The number of rotatable bonds is 5. The molecule has 2 aromatic rings. The van der Waals surface area contributed by atoms with Crippen LogP contribution in [-0.2, 0) is 4.74 Å². The van der Waals surface area contributed by atoms with Gasteiger partial charge in [-0.25, -0.2) is 0 Å². The number of aliphatic imine (C=N–C) groups is 1. The van der Waals surface area contributed by atoms with Crippen LogP contribution in [-0.4, -0.2) is 61.8 Å². The standard InChI is InChI=1S/C27H30N6O2/c1-2-21(18-23(3-1)35-19-20-4-9-28-10-5-20)25-24-8-13-33(22-6-11-29-12-7-22)26(24)31-27(30-25)32-14-16-34-17-15-32/h1-7,9,11-12,18,25,28H,8,10,13-17,19H2,(H,30,31). The van der Waals surface area contributed by atoms with Gasteiger partial charge >= 0.3 is 0 Å². The van der Waals surface area contributed by atoms with Crippen molar-refractivity contribution in [2.24, 2.45) is 4.99 Å². The molecule has 2 N–H and O–H groups in total. The Balaban J connectivity index is 1.30. The zero-order valence-electron chi connectivity index (χ0n) is 19.7. The molecule has 180 valence electrons. The first kappa shape index (κ1) is 21.7. The van der Waals surface area contributed by atoms with Gasteiger partial charge in [-0.1, -0.05) is 18.2 Å². The van der Waals surface area contributed by atoms with Crippen LogP contribution in [0.15, 0.2) is 89.1 Å². The molecule has 0 bridgehead atoms. The molecule has 35 heavy (non-hydrogen) atoms. The number of hydrogen-bond acceptors (Lipinski definition) is 8. The maximum atomic E-state index is 6.16. The number of benzene rings is 1. The van der Waals surface area contributed by atoms with Gasteiger partial charge in [0.2, 0.25) is 5.96 Å². The lowest BCUT2D eigenvalue weighted by Crippen LogP contribution is -2.50. The highest BCUT2D eigenvalue weighted by molar-refractivity contribution is 5.84. The van der Waals surface area contributed by atoms with Gasteiger partial charge in [-0.15, -0.1) is 0 Å². The molecule has 0 amide bonds. The fourth-order valence-corrected chi connectivity index (χ4v) is 4.92. The molecule has 1 unspecified atom stereocenters. The fraction of sp³-hybridized carbons (Fsp3) is 0.333. The van der Waals surface area contributed by atoms with Crippen LogP contribution >= 0.6 is 0 Å². The van der Waals surface area contributed by atoms with E-state index in [1.165, 1.54) is 16.7 Å². The Bertz CT molecular complexity index is 1180. The first-order valence-corrected chi connectivity index (χ1v) is 12.3. The molecule has 4 aliphatic rings. The van der Waals surface area contributed by atoms with Crippen LogP contribution < -0.4 is 20.3 Å². The Hall–Kier alpha value is -3.78. The van der Waals surface area contributed by atoms with E-state index < -0.39 is 0 Å².